The predicted octanol–water partition coefficient (Wildman–Crippen LogP) is 2.88. The number of anilines is 2. The normalized spacial score (nSPS) is 16.2. The zero-order valence-electron chi connectivity index (χ0n) is 14.7. The summed E-state index contributed by atoms with van der Waals surface area (Å²) >= 11 is 0. The van der Waals surface area contributed by atoms with E-state index in [0.717, 1.165) is 17.0 Å². The zero-order valence-corrected chi connectivity index (χ0v) is 14.7. The van der Waals surface area contributed by atoms with Crippen LogP contribution in [0.15, 0.2) is 36.4 Å². The third-order valence-corrected chi connectivity index (χ3v) is 4.37. The Bertz CT molecular complexity index is 947. The van der Waals surface area contributed by atoms with Crippen LogP contribution in [0.5, 0.6) is 0 Å². The van der Waals surface area contributed by atoms with Crippen molar-refractivity contribution < 1.29 is 32.3 Å². The molecule has 0 bridgehead atoms. The van der Waals surface area contributed by atoms with Gasteiger partial charge in [-0.3, -0.25) is 9.59 Å². The van der Waals surface area contributed by atoms with E-state index in [-0.39, 0.29) is 13.0 Å². The van der Waals surface area contributed by atoms with Crippen LogP contribution in [0.1, 0.15) is 16.8 Å². The van der Waals surface area contributed by atoms with Gasteiger partial charge in [-0.2, -0.15) is 0 Å². The number of halogens is 3. The fraction of sp³-hybridized carbons (Fsp3) is 0.211. The summed E-state index contributed by atoms with van der Waals surface area (Å²) < 4.78 is 45.0. The molecular weight excluding hydrogens is 377 g/mol. The molecule has 146 valence electrons. The van der Waals surface area contributed by atoms with Crippen LogP contribution in [0.3, 0.4) is 0 Å². The monoisotopic (exact) mass is 392 g/mol. The average molecular weight is 392 g/mol. The fourth-order valence-electron chi connectivity index (χ4n) is 2.89. The second kappa shape index (κ2) is 7.71. The summed E-state index contributed by atoms with van der Waals surface area (Å²) in [5.41, 5.74) is 0.278. The number of carbonyl (C=O) groups excluding carboxylic acids is 3. The molecule has 28 heavy (non-hydrogen) atoms. The summed E-state index contributed by atoms with van der Waals surface area (Å²) in [5.74, 6) is -6.92. The molecule has 2 aromatic carbocycles. The maximum Gasteiger partial charge on any atom is 0.337 e. The number of carbonyl (C=O) groups is 3. The molecule has 3 rings (SSSR count). The van der Waals surface area contributed by atoms with E-state index in [0.29, 0.717) is 11.3 Å². The summed E-state index contributed by atoms with van der Waals surface area (Å²) in [7, 11) is 1.25. The van der Waals surface area contributed by atoms with Crippen molar-refractivity contribution in [3.05, 3.63) is 59.4 Å². The lowest BCUT2D eigenvalue weighted by atomic mass is 10.1. The zero-order chi connectivity index (χ0) is 20.4. The molecule has 0 aromatic heterocycles. The number of benzene rings is 2. The number of methoxy groups -OCH3 is 1. The highest BCUT2D eigenvalue weighted by atomic mass is 19.2. The van der Waals surface area contributed by atoms with Gasteiger partial charge in [-0.15, -0.1) is 0 Å². The van der Waals surface area contributed by atoms with E-state index in [9.17, 15) is 27.6 Å². The molecule has 1 unspecified atom stereocenters. The largest absolute Gasteiger partial charge is 0.465 e. The Labute approximate surface area is 157 Å². The number of nitrogens with one attached hydrogen (secondary N) is 1. The van der Waals surface area contributed by atoms with Crippen molar-refractivity contribution in [2.24, 2.45) is 5.92 Å². The van der Waals surface area contributed by atoms with E-state index in [1.807, 2.05) is 0 Å². The number of ether oxygens (including phenoxy) is 1. The van der Waals surface area contributed by atoms with Gasteiger partial charge in [-0.25, -0.2) is 18.0 Å². The predicted molar refractivity (Wildman–Crippen MR) is 93.2 cm³/mol. The van der Waals surface area contributed by atoms with E-state index in [1.165, 1.54) is 31.4 Å². The summed E-state index contributed by atoms with van der Waals surface area (Å²) in [6, 6.07) is 7.59. The van der Waals surface area contributed by atoms with Gasteiger partial charge in [0.25, 0.3) is 0 Å². The number of hydrogen-bond donors (Lipinski definition) is 1. The third kappa shape index (κ3) is 3.68. The van der Waals surface area contributed by atoms with Crippen molar-refractivity contribution in [2.45, 2.75) is 6.42 Å². The van der Waals surface area contributed by atoms with Gasteiger partial charge in [-0.1, -0.05) is 0 Å². The van der Waals surface area contributed by atoms with Crippen molar-refractivity contribution >= 4 is 29.2 Å². The van der Waals surface area contributed by atoms with Crippen molar-refractivity contribution in [1.29, 1.82) is 0 Å². The van der Waals surface area contributed by atoms with Crippen molar-refractivity contribution in [3.8, 4) is 0 Å². The second-order valence-electron chi connectivity index (χ2n) is 6.16. The Morgan fingerprint density at radius 3 is 2.39 bits per heavy atom. The number of nitrogens with zero attached hydrogens (tertiary/aromatic N) is 1. The van der Waals surface area contributed by atoms with Crippen LogP contribution in [-0.4, -0.2) is 31.4 Å². The molecule has 0 spiro atoms. The lowest BCUT2D eigenvalue weighted by molar-refractivity contribution is -0.122. The van der Waals surface area contributed by atoms with E-state index in [1.54, 1.807) is 0 Å². The number of hydrogen-bond acceptors (Lipinski definition) is 4. The van der Waals surface area contributed by atoms with Crippen LogP contribution < -0.4 is 10.2 Å². The van der Waals surface area contributed by atoms with Crippen LogP contribution in [0.2, 0.25) is 0 Å². The van der Waals surface area contributed by atoms with Crippen LogP contribution in [-0.2, 0) is 14.3 Å². The highest BCUT2D eigenvalue weighted by molar-refractivity contribution is 6.03. The van der Waals surface area contributed by atoms with Crippen LogP contribution in [0.4, 0.5) is 24.5 Å². The molecule has 1 aliphatic rings. The first kappa shape index (κ1) is 19.4. The minimum absolute atomic E-state index is 0.174. The lowest BCUT2D eigenvalue weighted by Gasteiger charge is -2.18. The SMILES string of the molecule is COC(=O)c1ccc(NC(=O)C2CC(=O)N(c3ccc(F)c(F)c3F)C2)cc1. The van der Waals surface area contributed by atoms with Gasteiger partial charge in [0.05, 0.1) is 24.3 Å². The average Bonchev–Trinajstić information content (AvgIpc) is 3.08. The molecule has 9 heteroatoms. The van der Waals surface area contributed by atoms with Gasteiger partial charge in [0.15, 0.2) is 17.5 Å². The third-order valence-electron chi connectivity index (χ3n) is 4.37. The molecule has 1 atom stereocenters. The summed E-state index contributed by atoms with van der Waals surface area (Å²) in [6.07, 6.45) is -0.204. The number of amides is 2. The molecule has 0 radical (unpaired) electrons. The van der Waals surface area contributed by atoms with E-state index >= 15 is 0 Å². The van der Waals surface area contributed by atoms with E-state index in [2.05, 4.69) is 10.1 Å². The minimum Gasteiger partial charge on any atom is -0.465 e. The first-order valence-corrected chi connectivity index (χ1v) is 8.25. The number of esters is 1. The van der Waals surface area contributed by atoms with Crippen LogP contribution >= 0.6 is 0 Å². The Kier molecular flexibility index (Phi) is 5.34. The van der Waals surface area contributed by atoms with Crippen molar-refractivity contribution in [1.82, 2.24) is 0 Å². The topological polar surface area (TPSA) is 75.7 Å². The Hall–Kier alpha value is -3.36. The Balaban J connectivity index is 1.70. The van der Waals surface area contributed by atoms with Gasteiger partial charge in [0, 0.05) is 18.7 Å². The molecule has 0 saturated carbocycles. The fourth-order valence-corrected chi connectivity index (χ4v) is 2.89. The maximum absolute atomic E-state index is 13.9. The maximum atomic E-state index is 13.9. The number of rotatable bonds is 4. The molecular formula is C19H15F3N2O4. The quantitative estimate of drug-likeness (QED) is 0.641. The van der Waals surface area contributed by atoms with E-state index < -0.39 is 46.8 Å². The van der Waals surface area contributed by atoms with E-state index in [4.69, 9.17) is 0 Å². The minimum atomic E-state index is -1.68. The molecule has 6 nitrogen and oxygen atoms in total. The summed E-state index contributed by atoms with van der Waals surface area (Å²) in [4.78, 5) is 36.9. The second-order valence-corrected chi connectivity index (χ2v) is 6.16. The smallest absolute Gasteiger partial charge is 0.337 e. The molecule has 1 saturated heterocycles. The highest BCUT2D eigenvalue weighted by Crippen LogP contribution is 2.30. The first-order valence-electron chi connectivity index (χ1n) is 8.25. The standard InChI is InChI=1S/C19H15F3N2O4/c1-28-19(27)10-2-4-12(5-3-10)23-18(26)11-8-15(25)24(9-11)14-7-6-13(20)16(21)17(14)22/h2-7,11H,8-9H2,1H3,(H,23,26). The van der Waals surface area contributed by atoms with Crippen molar-refractivity contribution in [3.63, 3.8) is 0 Å². The molecule has 1 fully saturated rings. The summed E-state index contributed by atoms with van der Waals surface area (Å²) in [6.45, 7) is -0.174. The Morgan fingerprint density at radius 1 is 1.07 bits per heavy atom. The molecule has 2 aromatic rings. The highest BCUT2D eigenvalue weighted by Gasteiger charge is 2.37. The molecule has 0 aliphatic carbocycles. The molecule has 1 N–H and O–H groups in total. The van der Waals surface area contributed by atoms with Gasteiger partial charge in [0.2, 0.25) is 11.8 Å². The van der Waals surface area contributed by atoms with Crippen LogP contribution in [0, 0.1) is 23.4 Å². The summed E-state index contributed by atoms with van der Waals surface area (Å²) in [5, 5.41) is 2.60. The van der Waals surface area contributed by atoms with Crippen LogP contribution in [0.25, 0.3) is 0 Å². The van der Waals surface area contributed by atoms with Gasteiger partial charge in [0.1, 0.15) is 0 Å². The van der Waals surface area contributed by atoms with Gasteiger partial charge in [-0.05, 0) is 36.4 Å². The lowest BCUT2D eigenvalue weighted by Crippen LogP contribution is -2.29. The van der Waals surface area contributed by atoms with Gasteiger partial charge < -0.3 is 15.0 Å². The molecule has 2 amide bonds. The van der Waals surface area contributed by atoms with Gasteiger partial charge >= 0.3 is 5.97 Å². The van der Waals surface area contributed by atoms with Crippen molar-refractivity contribution in [2.75, 3.05) is 23.9 Å². The molecule has 1 heterocycles. The first-order chi connectivity index (χ1) is 13.3. The molecule has 1 aliphatic heterocycles. The Morgan fingerprint density at radius 2 is 1.75 bits per heavy atom.